The summed E-state index contributed by atoms with van der Waals surface area (Å²) in [5, 5.41) is 0. The molecule has 2 aromatic rings. The second-order valence-corrected chi connectivity index (χ2v) is 6.64. The molecule has 0 spiro atoms. The average molecular weight is 365 g/mol. The first-order valence-corrected chi connectivity index (χ1v) is 6.94. The van der Waals surface area contributed by atoms with Gasteiger partial charge in [-0.15, -0.1) is 11.3 Å². The van der Waals surface area contributed by atoms with Crippen molar-refractivity contribution in [2.24, 2.45) is 5.73 Å². The Morgan fingerprint density at radius 2 is 1.94 bits per heavy atom. The van der Waals surface area contributed by atoms with Crippen molar-refractivity contribution in [3.63, 3.8) is 0 Å². The molecule has 0 bridgehead atoms. The van der Waals surface area contributed by atoms with Crippen LogP contribution in [0.1, 0.15) is 16.5 Å². The van der Waals surface area contributed by atoms with Gasteiger partial charge in [0.1, 0.15) is 5.82 Å². The number of thiophene rings is 1. The van der Waals surface area contributed by atoms with E-state index in [1.165, 1.54) is 6.07 Å². The fourth-order valence-corrected chi connectivity index (χ4v) is 3.07. The van der Waals surface area contributed by atoms with Gasteiger partial charge in [0, 0.05) is 4.88 Å². The van der Waals surface area contributed by atoms with Crippen LogP contribution in [0, 0.1) is 5.82 Å². The highest BCUT2D eigenvalue weighted by Gasteiger charge is 2.12. The Balaban J connectivity index is 2.33. The van der Waals surface area contributed by atoms with Crippen LogP contribution in [0.25, 0.3) is 0 Å². The molecule has 2 rings (SSSR count). The second-order valence-electron chi connectivity index (χ2n) is 3.29. The zero-order valence-electron chi connectivity index (χ0n) is 8.08. The lowest BCUT2D eigenvalue weighted by atomic mass is 10.1. The first-order chi connectivity index (χ1) is 7.58. The third-order valence-corrected chi connectivity index (χ3v) is 4.55. The molecule has 5 heteroatoms. The minimum atomic E-state index is -0.288. The van der Waals surface area contributed by atoms with Crippen molar-refractivity contribution in [2.75, 3.05) is 0 Å². The molecule has 0 aliphatic rings. The lowest BCUT2D eigenvalue weighted by molar-refractivity contribution is 0.617. The number of hydrogen-bond donors (Lipinski definition) is 1. The van der Waals surface area contributed by atoms with Crippen LogP contribution in [0.4, 0.5) is 4.39 Å². The van der Waals surface area contributed by atoms with E-state index in [9.17, 15) is 4.39 Å². The summed E-state index contributed by atoms with van der Waals surface area (Å²) < 4.78 is 14.8. The highest BCUT2D eigenvalue weighted by Crippen LogP contribution is 2.30. The molecule has 0 saturated heterocycles. The van der Waals surface area contributed by atoms with Crippen molar-refractivity contribution in [3.05, 3.63) is 54.8 Å². The van der Waals surface area contributed by atoms with Gasteiger partial charge in [0.05, 0.1) is 14.3 Å². The summed E-state index contributed by atoms with van der Waals surface area (Å²) >= 11 is 8.06. The lowest BCUT2D eigenvalue weighted by Gasteiger charge is -2.10. The summed E-state index contributed by atoms with van der Waals surface area (Å²) in [5.41, 5.74) is 6.83. The fourth-order valence-electron chi connectivity index (χ4n) is 1.37. The molecule has 0 fully saturated rings. The molecular weight excluding hydrogens is 357 g/mol. The van der Waals surface area contributed by atoms with E-state index in [0.29, 0.717) is 4.47 Å². The van der Waals surface area contributed by atoms with Crippen molar-refractivity contribution in [1.82, 2.24) is 0 Å². The van der Waals surface area contributed by atoms with E-state index in [4.69, 9.17) is 5.73 Å². The third-order valence-electron chi connectivity index (χ3n) is 2.20. The van der Waals surface area contributed by atoms with Crippen LogP contribution in [0.2, 0.25) is 0 Å². The van der Waals surface area contributed by atoms with Gasteiger partial charge < -0.3 is 5.73 Å². The molecule has 1 nitrogen and oxygen atoms in total. The van der Waals surface area contributed by atoms with Crippen LogP contribution in [-0.4, -0.2) is 0 Å². The summed E-state index contributed by atoms with van der Waals surface area (Å²) in [7, 11) is 0. The predicted octanol–water partition coefficient (Wildman–Crippen LogP) is 4.46. The van der Waals surface area contributed by atoms with Gasteiger partial charge in [0.2, 0.25) is 0 Å². The van der Waals surface area contributed by atoms with Crippen molar-refractivity contribution in [2.45, 2.75) is 6.04 Å². The van der Waals surface area contributed by atoms with Gasteiger partial charge in [-0.25, -0.2) is 4.39 Å². The Bertz CT molecular complexity index is 512. The molecule has 84 valence electrons. The molecule has 1 heterocycles. The topological polar surface area (TPSA) is 26.0 Å². The van der Waals surface area contributed by atoms with E-state index < -0.39 is 0 Å². The van der Waals surface area contributed by atoms with Crippen LogP contribution in [-0.2, 0) is 0 Å². The van der Waals surface area contributed by atoms with Crippen LogP contribution >= 0.6 is 43.2 Å². The van der Waals surface area contributed by atoms with Gasteiger partial charge in [-0.1, -0.05) is 6.07 Å². The van der Waals surface area contributed by atoms with E-state index >= 15 is 0 Å². The molecule has 1 aromatic carbocycles. The Morgan fingerprint density at radius 1 is 1.19 bits per heavy atom. The zero-order valence-corrected chi connectivity index (χ0v) is 12.1. The van der Waals surface area contributed by atoms with E-state index in [-0.39, 0.29) is 11.9 Å². The van der Waals surface area contributed by atoms with Gasteiger partial charge in [-0.3, -0.25) is 0 Å². The van der Waals surface area contributed by atoms with Crippen molar-refractivity contribution in [1.29, 1.82) is 0 Å². The largest absolute Gasteiger partial charge is 0.320 e. The van der Waals surface area contributed by atoms with Gasteiger partial charge >= 0.3 is 0 Å². The van der Waals surface area contributed by atoms with Crippen molar-refractivity contribution in [3.8, 4) is 0 Å². The number of halogens is 3. The quantitative estimate of drug-likeness (QED) is 0.836. The smallest absolute Gasteiger partial charge is 0.137 e. The van der Waals surface area contributed by atoms with E-state index in [1.807, 2.05) is 18.2 Å². The Labute approximate surface area is 114 Å². The maximum Gasteiger partial charge on any atom is 0.137 e. The summed E-state index contributed by atoms with van der Waals surface area (Å²) in [6, 6.07) is 8.56. The molecule has 1 aromatic heterocycles. The first kappa shape index (κ1) is 12.2. The summed E-state index contributed by atoms with van der Waals surface area (Å²) in [4.78, 5) is 1.01. The van der Waals surface area contributed by atoms with Crippen LogP contribution in [0.5, 0.6) is 0 Å². The summed E-state index contributed by atoms with van der Waals surface area (Å²) in [6.07, 6.45) is 0. The fraction of sp³-hybridized carbons (Fsp3) is 0.0909. The Kier molecular flexibility index (Phi) is 3.79. The van der Waals surface area contributed by atoms with Gasteiger partial charge in [-0.2, -0.15) is 0 Å². The number of benzene rings is 1. The molecular formula is C11H8Br2FNS. The molecule has 2 N–H and O–H groups in total. The summed E-state index contributed by atoms with van der Waals surface area (Å²) in [6.45, 7) is 0. The van der Waals surface area contributed by atoms with Crippen molar-refractivity contribution < 1.29 is 4.39 Å². The van der Waals surface area contributed by atoms with Crippen LogP contribution < -0.4 is 5.73 Å². The first-order valence-electron chi connectivity index (χ1n) is 4.53. The third kappa shape index (κ3) is 2.53. The molecule has 0 radical (unpaired) electrons. The molecule has 1 atom stereocenters. The predicted molar refractivity (Wildman–Crippen MR) is 72.1 cm³/mol. The van der Waals surface area contributed by atoms with E-state index in [1.54, 1.807) is 17.4 Å². The average Bonchev–Trinajstić information content (AvgIpc) is 2.68. The van der Waals surface area contributed by atoms with Gasteiger partial charge in [0.25, 0.3) is 0 Å². The number of rotatable bonds is 2. The van der Waals surface area contributed by atoms with E-state index in [2.05, 4.69) is 31.9 Å². The van der Waals surface area contributed by atoms with Crippen molar-refractivity contribution >= 4 is 43.2 Å². The second kappa shape index (κ2) is 4.96. The monoisotopic (exact) mass is 363 g/mol. The van der Waals surface area contributed by atoms with Crippen LogP contribution in [0.15, 0.2) is 38.6 Å². The zero-order chi connectivity index (χ0) is 11.7. The molecule has 16 heavy (non-hydrogen) atoms. The molecule has 0 saturated carbocycles. The molecule has 0 aliphatic heterocycles. The normalized spacial score (nSPS) is 12.8. The highest BCUT2D eigenvalue weighted by atomic mass is 79.9. The Hall–Kier alpha value is -0.230. The Morgan fingerprint density at radius 3 is 2.50 bits per heavy atom. The molecule has 0 amide bonds. The van der Waals surface area contributed by atoms with Gasteiger partial charge in [0.15, 0.2) is 0 Å². The molecule has 1 unspecified atom stereocenters. The maximum atomic E-state index is 13.4. The van der Waals surface area contributed by atoms with E-state index in [0.717, 1.165) is 14.2 Å². The number of nitrogens with two attached hydrogens (primary N) is 1. The SMILES string of the molecule is NC(c1ccc(Br)c(F)c1)c1ccc(Br)s1. The lowest BCUT2D eigenvalue weighted by Crippen LogP contribution is -2.10. The highest BCUT2D eigenvalue weighted by molar-refractivity contribution is 9.11. The molecule has 0 aliphatic carbocycles. The number of hydrogen-bond acceptors (Lipinski definition) is 2. The standard InChI is InChI=1S/C11H8Br2FNS/c12-7-2-1-6(5-8(7)14)11(15)9-3-4-10(13)16-9/h1-5,11H,15H2. The minimum absolute atomic E-state index is 0.279. The maximum absolute atomic E-state index is 13.4. The minimum Gasteiger partial charge on any atom is -0.320 e. The summed E-state index contributed by atoms with van der Waals surface area (Å²) in [5.74, 6) is -0.288. The van der Waals surface area contributed by atoms with Crippen LogP contribution in [0.3, 0.4) is 0 Å². The van der Waals surface area contributed by atoms with Gasteiger partial charge in [-0.05, 0) is 61.7 Å².